The van der Waals surface area contributed by atoms with Crippen LogP contribution in [-0.2, 0) is 27.9 Å². The molecule has 0 rings (SSSR count). The van der Waals surface area contributed by atoms with E-state index >= 15 is 0 Å². The maximum Gasteiger partial charge on any atom is 0.306 e. The first-order valence-corrected chi connectivity index (χ1v) is 34.2. The minimum atomic E-state index is -4.70. The number of hydrogen-bond acceptors (Lipinski definition) is 7. The molecule has 1 N–H and O–H groups in total. The van der Waals surface area contributed by atoms with Crippen LogP contribution in [0.5, 0.6) is 0 Å². The maximum atomic E-state index is 13.5. The van der Waals surface area contributed by atoms with Crippen LogP contribution in [0.3, 0.4) is 0 Å². The first-order chi connectivity index (χ1) is 37.9. The Morgan fingerprint density at radius 3 is 1.35 bits per heavy atom. The summed E-state index contributed by atoms with van der Waals surface area (Å²) >= 11 is 0. The van der Waals surface area contributed by atoms with Crippen molar-refractivity contribution in [3.05, 3.63) is 72.9 Å². The van der Waals surface area contributed by atoms with E-state index < -0.39 is 26.6 Å². The second-order valence-corrected chi connectivity index (χ2v) is 24.7. The molecule has 0 bridgehead atoms. The number of nitrogens with zero attached hydrogens (tertiary/aromatic N) is 1. The molecule has 0 saturated carbocycles. The molecule has 0 spiro atoms. The first kappa shape index (κ1) is 75.5. The third-order valence-electron chi connectivity index (χ3n) is 14.4. The Labute approximate surface area is 483 Å². The first-order valence-electron chi connectivity index (χ1n) is 32.8. The monoisotopic (exact) mass is 1110 g/mol. The second kappa shape index (κ2) is 57.7. The van der Waals surface area contributed by atoms with E-state index in [1.165, 1.54) is 180 Å². The lowest BCUT2D eigenvalue weighted by molar-refractivity contribution is -0.870. The Balaban J connectivity index is 5.09. The number of phosphoric ester groups is 1. The Bertz CT molecular complexity index is 1570. The lowest BCUT2D eigenvalue weighted by atomic mass is 10.0. The van der Waals surface area contributed by atoms with Gasteiger partial charge >= 0.3 is 5.97 Å². The number of quaternary nitrogens is 1. The van der Waals surface area contributed by atoms with Gasteiger partial charge in [0.25, 0.3) is 7.82 Å². The zero-order valence-corrected chi connectivity index (χ0v) is 52.8. The van der Waals surface area contributed by atoms with Gasteiger partial charge in [-0.3, -0.25) is 14.2 Å². The molecule has 0 aromatic rings. The quantitative estimate of drug-likeness (QED) is 0.0161. The number of esters is 1. The van der Waals surface area contributed by atoms with E-state index in [2.05, 4.69) is 86.8 Å². The molecule has 0 aliphatic rings. The van der Waals surface area contributed by atoms with E-state index in [1.54, 1.807) is 0 Å². The molecular formula is C68H125N2O7P. The SMILES string of the molecule is CC/C=C/C=C/C=C/CCCCCCCCCC(=O)NC(COP(=O)([O-])OCC[N+](C)(C)C)C(/C=C\CCCCCCCCCCCC)OC(=O)CCCCCCCCCCCCCCCCC/C=C\C/C=C\CCCCC. The number of likely N-dealkylation sites (N-methyl/N-ethyl adjacent to an activating group) is 1. The number of hydrogen-bond donors (Lipinski definition) is 1. The number of phosphoric acid groups is 1. The van der Waals surface area contributed by atoms with Crippen LogP contribution in [-0.4, -0.2) is 69.4 Å². The number of unbranched alkanes of at least 4 members (excludes halogenated alkanes) is 35. The number of rotatable bonds is 59. The number of ether oxygens (including phenoxy) is 1. The molecule has 0 radical (unpaired) electrons. The van der Waals surface area contributed by atoms with Gasteiger partial charge in [-0.1, -0.05) is 274 Å². The molecule has 3 atom stereocenters. The van der Waals surface area contributed by atoms with E-state index in [-0.39, 0.29) is 24.9 Å². The summed E-state index contributed by atoms with van der Waals surface area (Å²) in [5, 5.41) is 3.03. The Morgan fingerprint density at radius 1 is 0.474 bits per heavy atom. The molecule has 0 aliphatic carbocycles. The summed E-state index contributed by atoms with van der Waals surface area (Å²) in [4.78, 5) is 40.0. The van der Waals surface area contributed by atoms with Crippen LogP contribution in [0.1, 0.15) is 297 Å². The molecule has 0 aromatic carbocycles. The highest BCUT2D eigenvalue weighted by Crippen LogP contribution is 2.38. The van der Waals surface area contributed by atoms with Crippen molar-refractivity contribution in [2.45, 2.75) is 309 Å². The van der Waals surface area contributed by atoms with Gasteiger partial charge in [0, 0.05) is 12.8 Å². The number of amides is 1. The van der Waals surface area contributed by atoms with Crippen LogP contribution in [0.15, 0.2) is 72.9 Å². The van der Waals surface area contributed by atoms with Crippen LogP contribution >= 0.6 is 7.82 Å². The number of carbonyl (C=O) groups excluding carboxylic acids is 2. The molecule has 78 heavy (non-hydrogen) atoms. The minimum absolute atomic E-state index is 0.0263. The number of allylic oxidation sites excluding steroid dienone is 11. The fourth-order valence-electron chi connectivity index (χ4n) is 9.38. The van der Waals surface area contributed by atoms with Crippen LogP contribution in [0.4, 0.5) is 0 Å². The standard InChI is InChI=1S/C68H125N2O7P/c1-7-10-13-16-19-22-25-28-30-31-32-33-34-35-36-37-38-39-41-43-46-49-52-55-58-61-68(72)77-66(59-56-53-50-47-44-27-24-21-18-15-12-9-3)65(64-76-78(73,74)75-63-62-70(4,5)6)69-67(71)60-57-54-51-48-45-42-40-29-26-23-20-17-14-11-8-2/h11,14,17,19-20,22-23,26,28,30,56,59,65-66H,7-10,12-13,15-16,18,21,24-25,27,29,31-55,57-58,60-64H2,1-6H3,(H-,69,71,73,74)/b14-11+,20-17+,22-19-,26-23+,30-28-,59-56-. The van der Waals surface area contributed by atoms with Gasteiger partial charge < -0.3 is 28.5 Å². The molecule has 454 valence electrons. The number of nitrogens with one attached hydrogen (secondary N) is 1. The summed E-state index contributed by atoms with van der Waals surface area (Å²) < 4.78 is 30.3. The summed E-state index contributed by atoms with van der Waals surface area (Å²) in [5.41, 5.74) is 0. The van der Waals surface area contributed by atoms with Gasteiger partial charge in [0.1, 0.15) is 19.3 Å². The van der Waals surface area contributed by atoms with Crippen molar-refractivity contribution in [1.29, 1.82) is 0 Å². The van der Waals surface area contributed by atoms with Crippen molar-refractivity contribution >= 4 is 19.7 Å². The van der Waals surface area contributed by atoms with Gasteiger partial charge in [0.2, 0.25) is 5.91 Å². The molecule has 1 amide bonds. The molecule has 10 heteroatoms. The predicted octanol–water partition coefficient (Wildman–Crippen LogP) is 19.8. The van der Waals surface area contributed by atoms with Crippen LogP contribution in [0.25, 0.3) is 0 Å². The lowest BCUT2D eigenvalue weighted by Gasteiger charge is -2.30. The van der Waals surface area contributed by atoms with Crippen LogP contribution in [0, 0.1) is 0 Å². The smallest absolute Gasteiger partial charge is 0.306 e. The molecule has 0 fully saturated rings. The zero-order valence-electron chi connectivity index (χ0n) is 51.9. The fourth-order valence-corrected chi connectivity index (χ4v) is 10.1. The summed E-state index contributed by atoms with van der Waals surface area (Å²) in [6.07, 6.45) is 74.5. The molecule has 0 heterocycles. The van der Waals surface area contributed by atoms with Gasteiger partial charge in [-0.25, -0.2) is 0 Å². The largest absolute Gasteiger partial charge is 0.756 e. The highest BCUT2D eigenvalue weighted by atomic mass is 31.2. The number of carbonyl (C=O) groups is 2. The van der Waals surface area contributed by atoms with E-state index in [4.69, 9.17) is 13.8 Å². The summed E-state index contributed by atoms with van der Waals surface area (Å²) in [6, 6.07) is -0.896. The van der Waals surface area contributed by atoms with E-state index in [0.717, 1.165) is 83.5 Å². The van der Waals surface area contributed by atoms with Gasteiger partial charge in [-0.05, 0) is 83.1 Å². The summed E-state index contributed by atoms with van der Waals surface area (Å²) in [6.45, 7) is 6.70. The van der Waals surface area contributed by atoms with Gasteiger partial charge in [0.15, 0.2) is 0 Å². The van der Waals surface area contributed by atoms with Gasteiger partial charge in [0.05, 0.1) is 33.8 Å². The summed E-state index contributed by atoms with van der Waals surface area (Å²) in [7, 11) is 1.18. The second-order valence-electron chi connectivity index (χ2n) is 23.3. The zero-order chi connectivity index (χ0) is 57.2. The van der Waals surface area contributed by atoms with Gasteiger partial charge in [-0.2, -0.15) is 0 Å². The molecular weight excluding hydrogens is 988 g/mol. The molecule has 3 unspecified atom stereocenters. The highest BCUT2D eigenvalue weighted by Gasteiger charge is 2.27. The fraction of sp³-hybridized carbons (Fsp3) is 0.794. The topological polar surface area (TPSA) is 114 Å². The predicted molar refractivity (Wildman–Crippen MR) is 335 cm³/mol. The maximum absolute atomic E-state index is 13.5. The molecule has 0 aliphatic heterocycles. The van der Waals surface area contributed by atoms with E-state index in [0.29, 0.717) is 17.4 Å². The minimum Gasteiger partial charge on any atom is -0.756 e. The highest BCUT2D eigenvalue weighted by molar-refractivity contribution is 7.45. The molecule has 0 aromatic heterocycles. The molecule has 9 nitrogen and oxygen atoms in total. The average molecular weight is 1110 g/mol. The summed E-state index contributed by atoms with van der Waals surface area (Å²) in [5.74, 6) is -0.549. The normalized spacial score (nSPS) is 14.1. The Kier molecular flexibility index (Phi) is 55.8. The van der Waals surface area contributed by atoms with Crippen LogP contribution in [0.2, 0.25) is 0 Å². The van der Waals surface area contributed by atoms with Crippen molar-refractivity contribution in [2.75, 3.05) is 40.9 Å². The van der Waals surface area contributed by atoms with Crippen molar-refractivity contribution in [2.24, 2.45) is 0 Å². The molecule has 0 saturated heterocycles. The van der Waals surface area contributed by atoms with Crippen molar-refractivity contribution in [3.63, 3.8) is 0 Å². The average Bonchev–Trinajstić information content (AvgIpc) is 3.40. The van der Waals surface area contributed by atoms with Crippen molar-refractivity contribution < 1.29 is 37.3 Å². The van der Waals surface area contributed by atoms with Crippen molar-refractivity contribution in [3.8, 4) is 0 Å². The third-order valence-corrected chi connectivity index (χ3v) is 15.4. The van der Waals surface area contributed by atoms with Gasteiger partial charge in [-0.15, -0.1) is 0 Å². The van der Waals surface area contributed by atoms with E-state index in [1.807, 2.05) is 33.3 Å². The van der Waals surface area contributed by atoms with Crippen LogP contribution < -0.4 is 10.2 Å². The Morgan fingerprint density at radius 2 is 0.872 bits per heavy atom. The third kappa shape index (κ3) is 58.1. The van der Waals surface area contributed by atoms with Crippen molar-refractivity contribution in [1.82, 2.24) is 5.32 Å². The lowest BCUT2D eigenvalue weighted by Crippen LogP contribution is -2.47. The Hall–Kier alpha value is -2.55. The van der Waals surface area contributed by atoms with E-state index in [9.17, 15) is 19.0 Å².